The third kappa shape index (κ3) is 3.96. The third-order valence-corrected chi connectivity index (χ3v) is 5.95. The van der Waals surface area contributed by atoms with Gasteiger partial charge in [-0.15, -0.1) is 11.3 Å². The Morgan fingerprint density at radius 2 is 2.00 bits per heavy atom. The number of thiazole rings is 1. The van der Waals surface area contributed by atoms with Gasteiger partial charge in [0.25, 0.3) is 5.91 Å². The topological polar surface area (TPSA) is 58.4 Å². The summed E-state index contributed by atoms with van der Waals surface area (Å²) in [5.41, 5.74) is 1.73. The zero-order valence-corrected chi connectivity index (χ0v) is 16.2. The molecule has 3 aromatic rings. The Hall–Kier alpha value is -2.44. The fourth-order valence-electron chi connectivity index (χ4n) is 3.57. The fraction of sp³-hybridized carbons (Fsp3) is 0.333. The van der Waals surface area contributed by atoms with Crippen molar-refractivity contribution >= 4 is 17.2 Å². The Labute approximate surface area is 163 Å². The van der Waals surface area contributed by atoms with Crippen molar-refractivity contribution < 1.29 is 9.21 Å². The van der Waals surface area contributed by atoms with Crippen LogP contribution in [0.2, 0.25) is 0 Å². The molecule has 0 bridgehead atoms. The average Bonchev–Trinajstić information content (AvgIpc) is 3.44. The van der Waals surface area contributed by atoms with Crippen LogP contribution in [-0.2, 0) is 0 Å². The number of amides is 1. The van der Waals surface area contributed by atoms with Crippen molar-refractivity contribution in [3.8, 4) is 10.8 Å². The number of aryl methyl sites for hydroxylation is 1. The molecular weight excluding hydrogens is 358 g/mol. The Kier molecular flexibility index (Phi) is 5.36. The van der Waals surface area contributed by atoms with Gasteiger partial charge in [-0.25, -0.2) is 4.98 Å². The van der Waals surface area contributed by atoms with Crippen molar-refractivity contribution in [2.45, 2.75) is 25.8 Å². The van der Waals surface area contributed by atoms with Gasteiger partial charge in [0.1, 0.15) is 5.69 Å². The number of hydrogen-bond donors (Lipinski definition) is 1. The highest BCUT2D eigenvalue weighted by molar-refractivity contribution is 7.15. The zero-order chi connectivity index (χ0) is 18.6. The maximum atomic E-state index is 12.8. The van der Waals surface area contributed by atoms with Crippen LogP contribution < -0.4 is 5.32 Å². The molecule has 1 aliphatic heterocycles. The minimum absolute atomic E-state index is 0.123. The van der Waals surface area contributed by atoms with Crippen LogP contribution in [0.15, 0.2) is 53.1 Å². The Balaban J connectivity index is 1.48. The normalized spacial score (nSPS) is 15.7. The number of benzene rings is 1. The second kappa shape index (κ2) is 8.06. The molecule has 6 heteroatoms. The largest absolute Gasteiger partial charge is 0.462 e. The zero-order valence-electron chi connectivity index (χ0n) is 15.4. The first-order valence-electron chi connectivity index (χ1n) is 9.31. The summed E-state index contributed by atoms with van der Waals surface area (Å²) in [6.07, 6.45) is 4.05. The molecule has 140 valence electrons. The molecule has 0 spiro atoms. The lowest BCUT2D eigenvalue weighted by atomic mass is 10.1. The Morgan fingerprint density at radius 1 is 1.22 bits per heavy atom. The Morgan fingerprint density at radius 3 is 2.70 bits per heavy atom. The van der Waals surface area contributed by atoms with Crippen LogP contribution in [0.5, 0.6) is 0 Å². The van der Waals surface area contributed by atoms with Gasteiger partial charge in [-0.1, -0.05) is 30.3 Å². The van der Waals surface area contributed by atoms with E-state index >= 15 is 0 Å². The molecule has 3 heterocycles. The molecule has 0 saturated carbocycles. The number of carbonyl (C=O) groups excluding carboxylic acids is 1. The summed E-state index contributed by atoms with van der Waals surface area (Å²) in [5.74, 6) is 0.572. The second-order valence-corrected chi connectivity index (χ2v) is 7.98. The SMILES string of the molecule is Cc1sc(-c2ccco2)nc1C(=O)NCC(c1ccccc1)N1CCCC1. The monoisotopic (exact) mass is 381 g/mol. The van der Waals surface area contributed by atoms with E-state index in [1.807, 2.05) is 25.1 Å². The molecule has 4 rings (SSSR count). The lowest BCUT2D eigenvalue weighted by Crippen LogP contribution is -2.37. The number of nitrogens with one attached hydrogen (secondary N) is 1. The summed E-state index contributed by atoms with van der Waals surface area (Å²) < 4.78 is 5.40. The molecule has 1 unspecified atom stereocenters. The van der Waals surface area contributed by atoms with Gasteiger partial charge < -0.3 is 9.73 Å². The van der Waals surface area contributed by atoms with Gasteiger partial charge in [-0.05, 0) is 50.6 Å². The number of furan rings is 1. The Bertz CT molecular complexity index is 884. The summed E-state index contributed by atoms with van der Waals surface area (Å²) in [4.78, 5) is 20.6. The molecule has 0 radical (unpaired) electrons. The maximum absolute atomic E-state index is 12.8. The van der Waals surface area contributed by atoms with E-state index in [1.165, 1.54) is 29.7 Å². The highest BCUT2D eigenvalue weighted by atomic mass is 32.1. The first-order chi connectivity index (χ1) is 13.2. The smallest absolute Gasteiger partial charge is 0.271 e. The summed E-state index contributed by atoms with van der Waals surface area (Å²) in [6.45, 7) is 4.66. The van der Waals surface area contributed by atoms with Crippen LogP contribution in [0, 0.1) is 6.92 Å². The van der Waals surface area contributed by atoms with E-state index in [4.69, 9.17) is 4.42 Å². The van der Waals surface area contributed by atoms with Crippen molar-refractivity contribution in [2.24, 2.45) is 0 Å². The average molecular weight is 382 g/mol. The van der Waals surface area contributed by atoms with Crippen LogP contribution in [0.1, 0.15) is 39.8 Å². The number of hydrogen-bond acceptors (Lipinski definition) is 5. The minimum atomic E-state index is -0.123. The molecule has 1 N–H and O–H groups in total. The maximum Gasteiger partial charge on any atom is 0.271 e. The molecule has 2 aromatic heterocycles. The highest BCUT2D eigenvalue weighted by Crippen LogP contribution is 2.28. The van der Waals surface area contributed by atoms with Crippen LogP contribution in [-0.4, -0.2) is 35.4 Å². The standard InChI is InChI=1S/C21H23N3O2S/c1-15-19(23-21(27-15)18-10-7-13-26-18)20(25)22-14-17(24-11-5-6-12-24)16-8-3-2-4-9-16/h2-4,7-10,13,17H,5-6,11-12,14H2,1H3,(H,22,25). The van der Waals surface area contributed by atoms with Crippen molar-refractivity contribution in [1.82, 2.24) is 15.2 Å². The lowest BCUT2D eigenvalue weighted by molar-refractivity contribution is 0.0933. The van der Waals surface area contributed by atoms with E-state index < -0.39 is 0 Å². The summed E-state index contributed by atoms with van der Waals surface area (Å²) in [5, 5.41) is 3.84. The number of nitrogens with zero attached hydrogens (tertiary/aromatic N) is 2. The summed E-state index contributed by atoms with van der Waals surface area (Å²) in [7, 11) is 0. The van der Waals surface area contributed by atoms with Crippen molar-refractivity contribution in [3.05, 3.63) is 64.9 Å². The molecule has 1 amide bonds. The highest BCUT2D eigenvalue weighted by Gasteiger charge is 2.25. The van der Waals surface area contributed by atoms with Gasteiger partial charge in [0, 0.05) is 11.4 Å². The predicted octanol–water partition coefficient (Wildman–Crippen LogP) is 4.28. The van der Waals surface area contributed by atoms with Crippen LogP contribution >= 0.6 is 11.3 Å². The summed E-state index contributed by atoms with van der Waals surface area (Å²) >= 11 is 1.48. The second-order valence-electron chi connectivity index (χ2n) is 6.78. The molecule has 0 aliphatic carbocycles. The van der Waals surface area contributed by atoms with E-state index in [0.29, 0.717) is 18.0 Å². The lowest BCUT2D eigenvalue weighted by Gasteiger charge is -2.28. The molecule has 1 atom stereocenters. The van der Waals surface area contributed by atoms with E-state index in [2.05, 4.69) is 39.5 Å². The van der Waals surface area contributed by atoms with Crippen LogP contribution in [0.4, 0.5) is 0 Å². The van der Waals surface area contributed by atoms with E-state index in [9.17, 15) is 4.79 Å². The molecule has 1 fully saturated rings. The first kappa shape index (κ1) is 17.9. The van der Waals surface area contributed by atoms with Gasteiger partial charge >= 0.3 is 0 Å². The van der Waals surface area contributed by atoms with Gasteiger partial charge in [-0.2, -0.15) is 0 Å². The predicted molar refractivity (Wildman–Crippen MR) is 107 cm³/mol. The molecule has 1 aromatic carbocycles. The van der Waals surface area contributed by atoms with Crippen LogP contribution in [0.25, 0.3) is 10.8 Å². The molecule has 1 aliphatic rings. The van der Waals surface area contributed by atoms with Crippen molar-refractivity contribution in [3.63, 3.8) is 0 Å². The molecule has 1 saturated heterocycles. The van der Waals surface area contributed by atoms with Gasteiger partial charge in [0.15, 0.2) is 10.8 Å². The van der Waals surface area contributed by atoms with E-state index in [1.54, 1.807) is 6.26 Å². The quantitative estimate of drug-likeness (QED) is 0.692. The molecule has 27 heavy (non-hydrogen) atoms. The number of rotatable bonds is 6. The van der Waals surface area contributed by atoms with Gasteiger partial charge in [0.05, 0.1) is 12.3 Å². The fourth-order valence-corrected chi connectivity index (χ4v) is 4.45. The van der Waals surface area contributed by atoms with Crippen molar-refractivity contribution in [2.75, 3.05) is 19.6 Å². The number of likely N-dealkylation sites (tertiary alicyclic amines) is 1. The number of carbonyl (C=O) groups is 1. The van der Waals surface area contributed by atoms with Crippen LogP contribution in [0.3, 0.4) is 0 Å². The summed E-state index contributed by atoms with van der Waals surface area (Å²) in [6, 6.07) is 14.3. The third-order valence-electron chi connectivity index (χ3n) is 4.97. The van der Waals surface area contributed by atoms with E-state index in [0.717, 1.165) is 23.0 Å². The van der Waals surface area contributed by atoms with Crippen molar-refractivity contribution in [1.29, 1.82) is 0 Å². The van der Waals surface area contributed by atoms with E-state index in [-0.39, 0.29) is 11.9 Å². The first-order valence-corrected chi connectivity index (χ1v) is 10.1. The van der Waals surface area contributed by atoms with Gasteiger partial charge in [-0.3, -0.25) is 9.69 Å². The van der Waals surface area contributed by atoms with Gasteiger partial charge in [0.2, 0.25) is 0 Å². The molecular formula is C21H23N3O2S. The number of aromatic nitrogens is 1. The minimum Gasteiger partial charge on any atom is -0.462 e. The molecule has 5 nitrogen and oxygen atoms in total.